The van der Waals surface area contributed by atoms with E-state index in [1.807, 2.05) is 11.0 Å². The smallest absolute Gasteiger partial charge is 0.254 e. The molecular weight excluding hydrogens is 306 g/mol. The van der Waals surface area contributed by atoms with Crippen LogP contribution < -0.4 is 9.64 Å². The molecule has 0 aliphatic carbocycles. The van der Waals surface area contributed by atoms with Crippen molar-refractivity contribution in [1.82, 2.24) is 19.9 Å². The Kier molecular flexibility index (Phi) is 3.76. The van der Waals surface area contributed by atoms with E-state index in [-0.39, 0.29) is 11.9 Å². The van der Waals surface area contributed by atoms with Crippen LogP contribution in [0.5, 0.6) is 5.88 Å². The lowest BCUT2D eigenvalue weighted by Gasteiger charge is -2.26. The van der Waals surface area contributed by atoms with Crippen molar-refractivity contribution in [2.45, 2.75) is 24.9 Å². The Balaban J connectivity index is 1.54. The Labute approximate surface area is 140 Å². The Hall–Kier alpha value is -2.70. The van der Waals surface area contributed by atoms with Crippen LogP contribution >= 0.6 is 0 Å². The standard InChI is InChI=1S/C17H19N5O2/c1-24-16-10-15(19-11-20-16)21-8-4-14-13(21)5-9-22(14)17(23)12-2-6-18-7-3-12/h2-3,6-7,10-11,13-14H,4-5,8-9H2,1H3/t13-,14+/m0/s1. The minimum absolute atomic E-state index is 0.0898. The van der Waals surface area contributed by atoms with Gasteiger partial charge in [-0.25, -0.2) is 9.97 Å². The van der Waals surface area contributed by atoms with Crippen LogP contribution in [-0.2, 0) is 0 Å². The zero-order valence-electron chi connectivity index (χ0n) is 13.5. The van der Waals surface area contributed by atoms with Gasteiger partial charge < -0.3 is 14.5 Å². The summed E-state index contributed by atoms with van der Waals surface area (Å²) < 4.78 is 5.19. The third-order valence-corrected chi connectivity index (χ3v) is 4.90. The summed E-state index contributed by atoms with van der Waals surface area (Å²) in [6.45, 7) is 1.66. The molecule has 4 rings (SSSR count). The minimum Gasteiger partial charge on any atom is -0.481 e. The number of carbonyl (C=O) groups excluding carboxylic acids is 1. The molecule has 2 aromatic rings. The van der Waals surface area contributed by atoms with Gasteiger partial charge in [0.15, 0.2) is 0 Å². The molecule has 0 N–H and O–H groups in total. The number of amides is 1. The largest absolute Gasteiger partial charge is 0.481 e. The van der Waals surface area contributed by atoms with Crippen LogP contribution in [0.2, 0.25) is 0 Å². The van der Waals surface area contributed by atoms with Gasteiger partial charge >= 0.3 is 0 Å². The van der Waals surface area contributed by atoms with Crippen molar-refractivity contribution in [2.24, 2.45) is 0 Å². The highest BCUT2D eigenvalue weighted by Gasteiger charge is 2.45. The number of carbonyl (C=O) groups is 1. The molecule has 24 heavy (non-hydrogen) atoms. The Morgan fingerprint density at radius 3 is 2.75 bits per heavy atom. The lowest BCUT2D eigenvalue weighted by Crippen LogP contribution is -2.40. The second-order valence-electron chi connectivity index (χ2n) is 6.06. The van der Waals surface area contributed by atoms with Gasteiger partial charge in [-0.1, -0.05) is 0 Å². The number of ether oxygens (including phenoxy) is 1. The van der Waals surface area contributed by atoms with Crippen molar-refractivity contribution in [3.8, 4) is 5.88 Å². The second kappa shape index (κ2) is 6.07. The van der Waals surface area contributed by atoms with Crippen LogP contribution in [-0.4, -0.2) is 58.0 Å². The van der Waals surface area contributed by atoms with E-state index >= 15 is 0 Å². The van der Waals surface area contributed by atoms with Crippen molar-refractivity contribution >= 4 is 11.7 Å². The van der Waals surface area contributed by atoms with Crippen LogP contribution in [0.3, 0.4) is 0 Å². The number of hydrogen-bond donors (Lipinski definition) is 0. The zero-order chi connectivity index (χ0) is 16.5. The molecule has 0 unspecified atom stereocenters. The van der Waals surface area contributed by atoms with Gasteiger partial charge in [-0.15, -0.1) is 0 Å². The first-order chi connectivity index (χ1) is 11.8. The molecule has 2 aliphatic heterocycles. The molecule has 0 aromatic carbocycles. The number of hydrogen-bond acceptors (Lipinski definition) is 6. The van der Waals surface area contributed by atoms with Gasteiger partial charge in [-0.05, 0) is 25.0 Å². The average molecular weight is 325 g/mol. The summed E-state index contributed by atoms with van der Waals surface area (Å²) in [5, 5.41) is 0. The predicted molar refractivity (Wildman–Crippen MR) is 88.0 cm³/mol. The van der Waals surface area contributed by atoms with Gasteiger partial charge in [0, 0.05) is 37.1 Å². The van der Waals surface area contributed by atoms with E-state index in [4.69, 9.17) is 4.74 Å². The Morgan fingerprint density at radius 2 is 1.96 bits per heavy atom. The van der Waals surface area contributed by atoms with Crippen molar-refractivity contribution in [3.63, 3.8) is 0 Å². The molecule has 0 saturated carbocycles. The van der Waals surface area contributed by atoms with Crippen molar-refractivity contribution in [2.75, 3.05) is 25.1 Å². The summed E-state index contributed by atoms with van der Waals surface area (Å²) in [5.74, 6) is 1.52. The fourth-order valence-corrected chi connectivity index (χ4v) is 3.78. The number of anilines is 1. The first-order valence-electron chi connectivity index (χ1n) is 8.11. The molecule has 0 bridgehead atoms. The maximum atomic E-state index is 12.8. The fourth-order valence-electron chi connectivity index (χ4n) is 3.78. The van der Waals surface area contributed by atoms with Gasteiger partial charge in [-0.2, -0.15) is 0 Å². The molecule has 2 atom stereocenters. The summed E-state index contributed by atoms with van der Waals surface area (Å²) >= 11 is 0. The number of fused-ring (bicyclic) bond motifs is 1. The molecule has 124 valence electrons. The Morgan fingerprint density at radius 1 is 1.17 bits per heavy atom. The summed E-state index contributed by atoms with van der Waals surface area (Å²) in [4.78, 5) is 29.5. The monoisotopic (exact) mass is 325 g/mol. The zero-order valence-corrected chi connectivity index (χ0v) is 13.5. The van der Waals surface area contributed by atoms with E-state index in [0.29, 0.717) is 17.5 Å². The summed E-state index contributed by atoms with van der Waals surface area (Å²) in [6.07, 6.45) is 6.75. The van der Waals surface area contributed by atoms with Crippen LogP contribution in [0.25, 0.3) is 0 Å². The highest BCUT2D eigenvalue weighted by atomic mass is 16.5. The van der Waals surface area contributed by atoms with E-state index in [0.717, 1.165) is 31.7 Å². The molecule has 4 heterocycles. The first kappa shape index (κ1) is 14.9. The van der Waals surface area contributed by atoms with Crippen molar-refractivity contribution < 1.29 is 9.53 Å². The number of aromatic nitrogens is 3. The third kappa shape index (κ3) is 2.46. The number of nitrogens with zero attached hydrogens (tertiary/aromatic N) is 5. The molecule has 2 fully saturated rings. The molecule has 7 heteroatoms. The van der Waals surface area contributed by atoms with E-state index in [1.165, 1.54) is 6.33 Å². The van der Waals surface area contributed by atoms with Gasteiger partial charge in [-0.3, -0.25) is 9.78 Å². The summed E-state index contributed by atoms with van der Waals surface area (Å²) in [6, 6.07) is 5.94. The molecule has 2 aromatic heterocycles. The molecule has 2 saturated heterocycles. The van der Waals surface area contributed by atoms with E-state index < -0.39 is 0 Å². The summed E-state index contributed by atoms with van der Waals surface area (Å²) in [7, 11) is 1.60. The van der Waals surface area contributed by atoms with E-state index in [9.17, 15) is 4.79 Å². The Bertz CT molecular complexity index is 739. The van der Waals surface area contributed by atoms with Crippen molar-refractivity contribution in [3.05, 3.63) is 42.5 Å². The van der Waals surface area contributed by atoms with Crippen LogP contribution in [0, 0.1) is 0 Å². The van der Waals surface area contributed by atoms with Crippen LogP contribution in [0.4, 0.5) is 5.82 Å². The SMILES string of the molecule is COc1cc(N2CC[C@@H]3[C@@H]2CCN3C(=O)c2ccncc2)ncn1. The molecule has 7 nitrogen and oxygen atoms in total. The lowest BCUT2D eigenvalue weighted by atomic mass is 10.1. The first-order valence-corrected chi connectivity index (χ1v) is 8.11. The van der Waals surface area contributed by atoms with E-state index in [2.05, 4.69) is 19.9 Å². The molecule has 0 radical (unpaired) electrons. The predicted octanol–water partition coefficient (Wildman–Crippen LogP) is 1.37. The van der Waals surface area contributed by atoms with Crippen LogP contribution in [0.15, 0.2) is 36.9 Å². The number of likely N-dealkylation sites (tertiary alicyclic amines) is 1. The van der Waals surface area contributed by atoms with E-state index in [1.54, 1.807) is 31.6 Å². The fraction of sp³-hybridized carbons (Fsp3) is 0.412. The average Bonchev–Trinajstić information content (AvgIpc) is 3.24. The molecule has 1 amide bonds. The highest BCUT2D eigenvalue weighted by Crippen LogP contribution is 2.35. The highest BCUT2D eigenvalue weighted by molar-refractivity contribution is 5.94. The molecule has 0 spiro atoms. The van der Waals surface area contributed by atoms with Crippen LogP contribution in [0.1, 0.15) is 23.2 Å². The molecular formula is C17H19N5O2. The number of methoxy groups -OCH3 is 1. The maximum Gasteiger partial charge on any atom is 0.254 e. The number of rotatable bonds is 3. The topological polar surface area (TPSA) is 71.5 Å². The third-order valence-electron chi connectivity index (χ3n) is 4.90. The quantitative estimate of drug-likeness (QED) is 0.849. The second-order valence-corrected chi connectivity index (χ2v) is 6.06. The van der Waals surface area contributed by atoms with Gasteiger partial charge in [0.2, 0.25) is 5.88 Å². The minimum atomic E-state index is 0.0898. The van der Waals surface area contributed by atoms with Crippen molar-refractivity contribution in [1.29, 1.82) is 0 Å². The number of pyridine rings is 1. The van der Waals surface area contributed by atoms with Gasteiger partial charge in [0.1, 0.15) is 12.1 Å². The maximum absolute atomic E-state index is 12.8. The molecule has 2 aliphatic rings. The normalized spacial score (nSPS) is 22.5. The van der Waals surface area contributed by atoms with Gasteiger partial charge in [0.25, 0.3) is 5.91 Å². The summed E-state index contributed by atoms with van der Waals surface area (Å²) in [5.41, 5.74) is 0.702. The van der Waals surface area contributed by atoms with Gasteiger partial charge in [0.05, 0.1) is 19.2 Å². The lowest BCUT2D eigenvalue weighted by molar-refractivity contribution is 0.0737.